The normalized spacial score (nSPS) is 11.9. The van der Waals surface area contributed by atoms with Crippen molar-refractivity contribution in [1.29, 1.82) is 0 Å². The van der Waals surface area contributed by atoms with E-state index in [0.717, 1.165) is 6.42 Å². The molecule has 0 saturated carbocycles. The molecule has 0 aliphatic carbocycles. The Bertz CT molecular complexity index is 128. The van der Waals surface area contributed by atoms with Gasteiger partial charge in [0.1, 0.15) is 6.10 Å². The van der Waals surface area contributed by atoms with Crippen LogP contribution >= 0.6 is 0 Å². The fourth-order valence-corrected chi connectivity index (χ4v) is 0.860. The fourth-order valence-electron chi connectivity index (χ4n) is 0.860. The number of unbranched alkanes of at least 4 members (excludes halogenated alkanes) is 4. The maximum atomic E-state index is 8.78. The molecular formula is C10H18O. The molecule has 0 aliphatic heterocycles. The van der Waals surface area contributed by atoms with Crippen molar-refractivity contribution in [3.8, 4) is 11.8 Å². The van der Waals surface area contributed by atoms with Crippen molar-refractivity contribution in [2.24, 2.45) is 0 Å². The standard InChI is InChI=1S/C10H18O/c1-3-4-5-6-7-8-9-10(2)11/h10-11H,3-7H2,1-2H3/t10-/m1/s1. The average Bonchev–Trinajstić information content (AvgIpc) is 1.96. The van der Waals surface area contributed by atoms with Gasteiger partial charge in [0, 0.05) is 6.42 Å². The molecule has 0 radical (unpaired) electrons. The van der Waals surface area contributed by atoms with Crippen molar-refractivity contribution in [3.05, 3.63) is 0 Å². The third-order valence-corrected chi connectivity index (χ3v) is 1.47. The molecule has 1 atom stereocenters. The van der Waals surface area contributed by atoms with Gasteiger partial charge >= 0.3 is 0 Å². The Morgan fingerprint density at radius 2 is 2.00 bits per heavy atom. The molecule has 0 aromatic carbocycles. The van der Waals surface area contributed by atoms with E-state index in [2.05, 4.69) is 18.8 Å². The molecule has 0 fully saturated rings. The highest BCUT2D eigenvalue weighted by molar-refractivity contribution is 5.02. The Morgan fingerprint density at radius 3 is 2.55 bits per heavy atom. The lowest BCUT2D eigenvalue weighted by Crippen LogP contribution is -1.92. The van der Waals surface area contributed by atoms with Crippen molar-refractivity contribution < 1.29 is 5.11 Å². The zero-order valence-electron chi connectivity index (χ0n) is 7.56. The first-order valence-corrected chi connectivity index (χ1v) is 4.43. The van der Waals surface area contributed by atoms with Gasteiger partial charge in [-0.15, -0.1) is 5.92 Å². The Kier molecular flexibility index (Phi) is 7.29. The summed E-state index contributed by atoms with van der Waals surface area (Å²) in [7, 11) is 0. The van der Waals surface area contributed by atoms with Crippen LogP contribution in [0.25, 0.3) is 0 Å². The predicted molar refractivity (Wildman–Crippen MR) is 48.2 cm³/mol. The molecular weight excluding hydrogens is 136 g/mol. The maximum absolute atomic E-state index is 8.78. The predicted octanol–water partition coefficient (Wildman–Crippen LogP) is 2.34. The number of aliphatic hydroxyl groups is 1. The monoisotopic (exact) mass is 154 g/mol. The van der Waals surface area contributed by atoms with Crippen LogP contribution in [0.4, 0.5) is 0 Å². The van der Waals surface area contributed by atoms with E-state index in [4.69, 9.17) is 5.11 Å². The van der Waals surface area contributed by atoms with Crippen LogP contribution in [0.2, 0.25) is 0 Å². The summed E-state index contributed by atoms with van der Waals surface area (Å²) < 4.78 is 0. The van der Waals surface area contributed by atoms with Crippen LogP contribution in [0.3, 0.4) is 0 Å². The highest BCUT2D eigenvalue weighted by Crippen LogP contribution is 2.00. The largest absolute Gasteiger partial charge is 0.381 e. The Hall–Kier alpha value is -0.480. The molecule has 1 nitrogen and oxygen atoms in total. The summed E-state index contributed by atoms with van der Waals surface area (Å²) in [4.78, 5) is 0. The molecule has 0 aliphatic rings. The molecule has 0 aromatic rings. The van der Waals surface area contributed by atoms with E-state index in [1.54, 1.807) is 6.92 Å². The van der Waals surface area contributed by atoms with Crippen molar-refractivity contribution in [1.82, 2.24) is 0 Å². The summed E-state index contributed by atoms with van der Waals surface area (Å²) in [5.74, 6) is 5.67. The van der Waals surface area contributed by atoms with Gasteiger partial charge in [-0.3, -0.25) is 0 Å². The first kappa shape index (κ1) is 10.5. The molecule has 0 saturated heterocycles. The van der Waals surface area contributed by atoms with Crippen molar-refractivity contribution in [2.75, 3.05) is 0 Å². The van der Waals surface area contributed by atoms with Crippen LogP contribution < -0.4 is 0 Å². The minimum Gasteiger partial charge on any atom is -0.381 e. The van der Waals surface area contributed by atoms with Gasteiger partial charge in [0.05, 0.1) is 0 Å². The van der Waals surface area contributed by atoms with Crippen molar-refractivity contribution in [3.63, 3.8) is 0 Å². The van der Waals surface area contributed by atoms with Gasteiger partial charge in [0.15, 0.2) is 0 Å². The highest BCUT2D eigenvalue weighted by atomic mass is 16.3. The summed E-state index contributed by atoms with van der Waals surface area (Å²) in [5.41, 5.74) is 0. The zero-order chi connectivity index (χ0) is 8.53. The third kappa shape index (κ3) is 9.52. The lowest BCUT2D eigenvalue weighted by molar-refractivity contribution is 0.253. The molecule has 64 valence electrons. The summed E-state index contributed by atoms with van der Waals surface area (Å²) in [6.07, 6.45) is 5.49. The van der Waals surface area contributed by atoms with E-state index in [0.29, 0.717) is 0 Å². The second-order valence-corrected chi connectivity index (χ2v) is 2.81. The van der Waals surface area contributed by atoms with Crippen LogP contribution in [0.5, 0.6) is 0 Å². The SMILES string of the molecule is CCCCCCC#C[C@@H](C)O. The van der Waals surface area contributed by atoms with Gasteiger partial charge in [-0.05, 0) is 13.3 Å². The van der Waals surface area contributed by atoms with Gasteiger partial charge < -0.3 is 5.11 Å². The molecule has 0 bridgehead atoms. The molecule has 0 rings (SSSR count). The average molecular weight is 154 g/mol. The van der Waals surface area contributed by atoms with Gasteiger partial charge in [-0.2, -0.15) is 0 Å². The first-order valence-electron chi connectivity index (χ1n) is 4.43. The van der Waals surface area contributed by atoms with E-state index in [1.165, 1.54) is 25.7 Å². The van der Waals surface area contributed by atoms with E-state index in [-0.39, 0.29) is 0 Å². The Balaban J connectivity index is 3.09. The maximum Gasteiger partial charge on any atom is 0.111 e. The minimum absolute atomic E-state index is 0.457. The smallest absolute Gasteiger partial charge is 0.111 e. The quantitative estimate of drug-likeness (QED) is 0.487. The van der Waals surface area contributed by atoms with Crippen LogP contribution in [-0.2, 0) is 0 Å². The lowest BCUT2D eigenvalue weighted by Gasteiger charge is -1.92. The van der Waals surface area contributed by atoms with Gasteiger partial charge in [-0.25, -0.2) is 0 Å². The summed E-state index contributed by atoms with van der Waals surface area (Å²) in [5, 5.41) is 8.78. The van der Waals surface area contributed by atoms with E-state index >= 15 is 0 Å². The van der Waals surface area contributed by atoms with E-state index in [9.17, 15) is 0 Å². The lowest BCUT2D eigenvalue weighted by atomic mass is 10.1. The highest BCUT2D eigenvalue weighted by Gasteiger charge is 1.85. The topological polar surface area (TPSA) is 20.2 Å². The van der Waals surface area contributed by atoms with Crippen molar-refractivity contribution in [2.45, 2.75) is 52.1 Å². The molecule has 0 aromatic heterocycles. The van der Waals surface area contributed by atoms with Gasteiger partial charge in [0.2, 0.25) is 0 Å². The minimum atomic E-state index is -0.457. The Labute approximate surface area is 69.8 Å². The first-order chi connectivity index (χ1) is 5.27. The van der Waals surface area contributed by atoms with Crippen LogP contribution in [0.15, 0.2) is 0 Å². The molecule has 0 spiro atoms. The summed E-state index contributed by atoms with van der Waals surface area (Å²) >= 11 is 0. The number of hydrogen-bond acceptors (Lipinski definition) is 1. The fraction of sp³-hybridized carbons (Fsp3) is 0.800. The molecule has 0 amide bonds. The van der Waals surface area contributed by atoms with Crippen LogP contribution in [0.1, 0.15) is 46.0 Å². The number of rotatable bonds is 4. The zero-order valence-corrected chi connectivity index (χ0v) is 7.56. The molecule has 0 heterocycles. The van der Waals surface area contributed by atoms with Gasteiger partial charge in [-0.1, -0.05) is 32.1 Å². The van der Waals surface area contributed by atoms with Gasteiger partial charge in [0.25, 0.3) is 0 Å². The van der Waals surface area contributed by atoms with Crippen molar-refractivity contribution >= 4 is 0 Å². The summed E-state index contributed by atoms with van der Waals surface area (Å²) in [6, 6.07) is 0. The number of aliphatic hydroxyl groups excluding tert-OH is 1. The second kappa shape index (κ2) is 7.63. The third-order valence-electron chi connectivity index (χ3n) is 1.47. The molecule has 1 heteroatoms. The van der Waals surface area contributed by atoms with E-state index < -0.39 is 6.10 Å². The van der Waals surface area contributed by atoms with Crippen LogP contribution in [0, 0.1) is 11.8 Å². The second-order valence-electron chi connectivity index (χ2n) is 2.81. The molecule has 0 unspecified atom stereocenters. The van der Waals surface area contributed by atoms with E-state index in [1.807, 2.05) is 0 Å². The summed E-state index contributed by atoms with van der Waals surface area (Å²) in [6.45, 7) is 3.89. The molecule has 1 N–H and O–H groups in total. The van der Waals surface area contributed by atoms with Crippen LogP contribution in [-0.4, -0.2) is 11.2 Å². The Morgan fingerprint density at radius 1 is 1.27 bits per heavy atom. The number of hydrogen-bond donors (Lipinski definition) is 1. The molecule has 11 heavy (non-hydrogen) atoms.